The van der Waals surface area contributed by atoms with Crippen molar-refractivity contribution < 1.29 is 29.3 Å². The van der Waals surface area contributed by atoms with Gasteiger partial charge in [-0.15, -0.1) is 0 Å². The summed E-state index contributed by atoms with van der Waals surface area (Å²) in [6.45, 7) is 0. The van der Waals surface area contributed by atoms with Crippen LogP contribution in [0.4, 0.5) is 10.5 Å². The Morgan fingerprint density at radius 1 is 0.794 bits per heavy atom. The van der Waals surface area contributed by atoms with Crippen LogP contribution in [0.25, 0.3) is 0 Å². The topological polar surface area (TPSA) is 221 Å². The molecule has 3 rings (SSSR count). The Bertz CT molecular complexity index is 1230. The number of aliphatic imine (C=N–C) groups is 1. The van der Waals surface area contributed by atoms with Crippen molar-refractivity contribution in [2.45, 2.75) is 0 Å². The van der Waals surface area contributed by atoms with E-state index in [4.69, 9.17) is 42.4 Å². The number of esters is 1. The lowest BCUT2D eigenvalue weighted by molar-refractivity contribution is -0.415. The molecular weight excluding hydrogens is 442 g/mol. The summed E-state index contributed by atoms with van der Waals surface area (Å²) in [5.74, 6) is -1.26. The lowest BCUT2D eigenvalue weighted by Crippen LogP contribution is -2.37. The first-order valence-corrected chi connectivity index (χ1v) is 9.46. The molecule has 0 amide bonds. The summed E-state index contributed by atoms with van der Waals surface area (Å²) < 4.78 is 5.47. The number of ether oxygens (including phenoxy) is 1. The third kappa shape index (κ3) is 7.20. The van der Waals surface area contributed by atoms with E-state index in [0.29, 0.717) is 16.8 Å². The lowest BCUT2D eigenvalue weighted by Gasteiger charge is -2.11. The average molecular weight is 461 g/mol. The molecule has 0 fully saturated rings. The van der Waals surface area contributed by atoms with Crippen LogP contribution in [-0.2, 0) is 0 Å². The highest BCUT2D eigenvalue weighted by Gasteiger charge is 2.19. The van der Waals surface area contributed by atoms with Crippen molar-refractivity contribution in [3.63, 3.8) is 0 Å². The van der Waals surface area contributed by atoms with Crippen molar-refractivity contribution in [1.82, 2.24) is 0 Å². The van der Waals surface area contributed by atoms with E-state index in [2.05, 4.69) is 4.99 Å². The fraction of sp³-hybridized carbons (Fsp3) is 0. The van der Waals surface area contributed by atoms with Gasteiger partial charge in [-0.25, -0.2) is 9.79 Å². The van der Waals surface area contributed by atoms with Crippen molar-refractivity contribution in [3.05, 3.63) is 95.1 Å². The maximum atomic E-state index is 13.0. The van der Waals surface area contributed by atoms with E-state index in [9.17, 15) is 9.59 Å². The van der Waals surface area contributed by atoms with Gasteiger partial charge in [-0.05, 0) is 48.6 Å². The van der Waals surface area contributed by atoms with E-state index in [1.807, 2.05) is 0 Å². The third-order valence-electron chi connectivity index (χ3n) is 4.14. The molecule has 0 unspecified atom stereocenters. The number of hydrogen-bond acceptors (Lipinski definition) is 8. The molecule has 0 heterocycles. The number of rotatable bonds is 6. The van der Waals surface area contributed by atoms with Gasteiger partial charge in [0.25, 0.3) is 0 Å². The van der Waals surface area contributed by atoms with Gasteiger partial charge in [-0.3, -0.25) is 10.2 Å². The van der Waals surface area contributed by atoms with Crippen LogP contribution in [0.5, 0.6) is 5.75 Å². The molecule has 0 aromatic heterocycles. The standard InChI is InChI=1S/C22H19N5O3.CH2O3/c23-20(24)15-8-11-18(17(12-15)19(28)13-4-2-1-3-5-13)30-21(29)14-6-9-16(10-7-14)27-22(25)26;2-1(3)4/h1-12H,(H3,23,24)(H4,25,26,27);(H2,2,3,4)/p-2. The molecule has 11 nitrogen and oxygen atoms in total. The van der Waals surface area contributed by atoms with Gasteiger partial charge >= 0.3 is 5.97 Å². The van der Waals surface area contributed by atoms with Crippen LogP contribution < -0.4 is 32.2 Å². The van der Waals surface area contributed by atoms with Crippen molar-refractivity contribution in [1.29, 1.82) is 5.41 Å². The van der Waals surface area contributed by atoms with E-state index in [0.717, 1.165) is 0 Å². The van der Waals surface area contributed by atoms with E-state index in [1.54, 1.807) is 42.5 Å². The van der Waals surface area contributed by atoms with Crippen LogP contribution >= 0.6 is 0 Å². The molecular formula is C23H19N5O6-2. The van der Waals surface area contributed by atoms with E-state index < -0.39 is 12.1 Å². The zero-order chi connectivity index (χ0) is 25.3. The first-order chi connectivity index (χ1) is 16.1. The van der Waals surface area contributed by atoms with Gasteiger partial charge in [0.1, 0.15) is 11.6 Å². The van der Waals surface area contributed by atoms with Gasteiger partial charge in [0.05, 0.1) is 16.8 Å². The Morgan fingerprint density at radius 3 is 1.88 bits per heavy atom. The number of nitrogen functional groups attached to an aromatic ring is 1. The highest BCUT2D eigenvalue weighted by Crippen LogP contribution is 2.25. The molecule has 0 bridgehead atoms. The van der Waals surface area contributed by atoms with E-state index in [1.165, 1.54) is 30.3 Å². The van der Waals surface area contributed by atoms with Crippen LogP contribution in [0, 0.1) is 5.41 Å². The van der Waals surface area contributed by atoms with Crippen LogP contribution in [0.1, 0.15) is 31.8 Å². The summed E-state index contributed by atoms with van der Waals surface area (Å²) in [6.07, 6.45) is -2.33. The van der Waals surface area contributed by atoms with Crippen molar-refractivity contribution in [3.8, 4) is 5.75 Å². The molecule has 0 spiro atoms. The van der Waals surface area contributed by atoms with Crippen LogP contribution in [0.2, 0.25) is 0 Å². The Balaban J connectivity index is 0.000000945. The van der Waals surface area contributed by atoms with E-state index >= 15 is 0 Å². The molecule has 34 heavy (non-hydrogen) atoms. The largest absolute Gasteiger partial charge is 0.652 e. The predicted molar refractivity (Wildman–Crippen MR) is 120 cm³/mol. The summed E-state index contributed by atoms with van der Waals surface area (Å²) in [7, 11) is 0. The number of carboxylic acid groups (broad SMARTS) is 2. The molecule has 0 saturated heterocycles. The van der Waals surface area contributed by atoms with Crippen molar-refractivity contribution in [2.75, 3.05) is 0 Å². The molecule has 7 N–H and O–H groups in total. The molecule has 0 atom stereocenters. The number of guanidine groups is 1. The van der Waals surface area contributed by atoms with Crippen LogP contribution in [0.15, 0.2) is 77.8 Å². The Kier molecular flexibility index (Phi) is 8.43. The fourth-order valence-electron chi connectivity index (χ4n) is 2.69. The number of carbonyl (C=O) groups excluding carboxylic acids is 3. The number of nitrogens with one attached hydrogen (secondary N) is 1. The maximum absolute atomic E-state index is 13.0. The number of nitrogens with zero attached hydrogens (tertiary/aromatic N) is 1. The number of hydrogen-bond donors (Lipinski definition) is 4. The SMILES string of the molecule is N=C(N)c1ccc(OC(=O)c2ccc(N=C(N)N)cc2)c(C(=O)c2ccccc2)c1.O=C([O-])[O-]. The summed E-state index contributed by atoms with van der Waals surface area (Å²) >= 11 is 0. The zero-order valence-corrected chi connectivity index (χ0v) is 17.6. The number of nitrogens with two attached hydrogens (primary N) is 3. The molecule has 0 aliphatic carbocycles. The Morgan fingerprint density at radius 2 is 1.35 bits per heavy atom. The summed E-state index contributed by atoms with van der Waals surface area (Å²) in [5, 5.41) is 24.3. The smallest absolute Gasteiger partial charge is 0.343 e. The minimum Gasteiger partial charge on any atom is -0.652 e. The number of carbonyl (C=O) groups is 3. The summed E-state index contributed by atoms with van der Waals surface area (Å²) in [5.41, 5.74) is 17.8. The minimum atomic E-state index is -2.33. The first kappa shape index (κ1) is 25.1. The van der Waals surface area contributed by atoms with Crippen molar-refractivity contribution in [2.24, 2.45) is 22.2 Å². The van der Waals surface area contributed by atoms with Gasteiger partial charge < -0.3 is 36.9 Å². The van der Waals surface area contributed by atoms with Crippen LogP contribution in [-0.4, -0.2) is 29.7 Å². The van der Waals surface area contributed by atoms with Gasteiger partial charge in [0.2, 0.25) is 0 Å². The monoisotopic (exact) mass is 461 g/mol. The zero-order valence-electron chi connectivity index (χ0n) is 17.6. The maximum Gasteiger partial charge on any atom is 0.343 e. The molecule has 0 aliphatic rings. The molecule has 3 aromatic rings. The van der Waals surface area contributed by atoms with Gasteiger partial charge in [-0.2, -0.15) is 0 Å². The molecule has 0 aliphatic heterocycles. The van der Waals surface area contributed by atoms with E-state index in [-0.39, 0.29) is 34.5 Å². The first-order valence-electron chi connectivity index (χ1n) is 9.46. The Labute approximate surface area is 193 Å². The third-order valence-corrected chi connectivity index (χ3v) is 4.14. The van der Waals surface area contributed by atoms with Gasteiger partial charge in [-0.1, -0.05) is 30.3 Å². The predicted octanol–water partition coefficient (Wildman–Crippen LogP) is -0.121. The molecule has 3 aromatic carbocycles. The Hall–Kier alpha value is -5.19. The number of ketones is 1. The summed E-state index contributed by atoms with van der Waals surface area (Å²) in [6, 6.07) is 19.1. The normalized spacial score (nSPS) is 9.65. The summed E-state index contributed by atoms with van der Waals surface area (Å²) in [4.78, 5) is 37.8. The lowest BCUT2D eigenvalue weighted by atomic mass is 10.00. The molecule has 0 saturated carbocycles. The fourth-order valence-corrected chi connectivity index (χ4v) is 2.69. The molecule has 11 heteroatoms. The highest BCUT2D eigenvalue weighted by atomic mass is 16.6. The molecule has 0 radical (unpaired) electrons. The second-order valence-electron chi connectivity index (χ2n) is 6.54. The number of amidine groups is 1. The van der Waals surface area contributed by atoms with Crippen molar-refractivity contribution >= 4 is 35.4 Å². The average Bonchev–Trinajstić information content (AvgIpc) is 2.79. The van der Waals surface area contributed by atoms with Gasteiger partial charge in [0.15, 0.2) is 11.7 Å². The number of benzene rings is 3. The van der Waals surface area contributed by atoms with Gasteiger partial charge in [0, 0.05) is 11.1 Å². The minimum absolute atomic E-state index is 0.0622. The highest BCUT2D eigenvalue weighted by molar-refractivity contribution is 6.12. The van der Waals surface area contributed by atoms with Crippen LogP contribution in [0.3, 0.4) is 0 Å². The second-order valence-corrected chi connectivity index (χ2v) is 6.54. The quantitative estimate of drug-likeness (QED) is 0.126. The second kappa shape index (κ2) is 11.4. The molecule has 174 valence electrons.